The van der Waals surface area contributed by atoms with Gasteiger partial charge in [0, 0.05) is 10.6 Å². The summed E-state index contributed by atoms with van der Waals surface area (Å²) < 4.78 is 40.3. The Morgan fingerprint density at radius 2 is 1.69 bits per heavy atom. The van der Waals surface area contributed by atoms with Crippen LogP contribution in [0.2, 0.25) is 5.02 Å². The van der Waals surface area contributed by atoms with Crippen LogP contribution in [0.25, 0.3) is 6.08 Å². The van der Waals surface area contributed by atoms with E-state index in [2.05, 4.69) is 4.99 Å². The van der Waals surface area contributed by atoms with Crippen molar-refractivity contribution in [3.63, 3.8) is 0 Å². The van der Waals surface area contributed by atoms with Gasteiger partial charge in [0.25, 0.3) is 0 Å². The summed E-state index contributed by atoms with van der Waals surface area (Å²) in [5, 5.41) is 0.420. The highest BCUT2D eigenvalue weighted by molar-refractivity contribution is 7.87. The third kappa shape index (κ3) is 4.82. The first-order chi connectivity index (χ1) is 15.3. The standard InChI is InChI=1S/C23H16ClNO6S/c1-29-19-4-2-3-16(14-19)22-25-21(23(26)30-22)13-15-5-9-18(10-6-15)31-32(27,28)20-11-7-17(24)8-12-20/h2-14H,1H3/b21-13-. The first kappa shape index (κ1) is 21.6. The van der Waals surface area contributed by atoms with E-state index in [1.807, 2.05) is 0 Å². The zero-order valence-corrected chi connectivity index (χ0v) is 18.3. The van der Waals surface area contributed by atoms with Gasteiger partial charge in [-0.15, -0.1) is 0 Å². The molecule has 9 heteroatoms. The summed E-state index contributed by atoms with van der Waals surface area (Å²) in [7, 11) is -2.46. The third-order valence-electron chi connectivity index (χ3n) is 4.43. The molecule has 0 aliphatic carbocycles. The molecule has 7 nitrogen and oxygen atoms in total. The normalized spacial score (nSPS) is 14.8. The Hall–Kier alpha value is -3.62. The van der Waals surface area contributed by atoms with Crippen molar-refractivity contribution < 1.29 is 26.9 Å². The minimum atomic E-state index is -4.00. The molecule has 32 heavy (non-hydrogen) atoms. The van der Waals surface area contributed by atoms with E-state index in [4.69, 9.17) is 25.3 Å². The maximum atomic E-state index is 12.4. The van der Waals surface area contributed by atoms with Crippen molar-refractivity contribution in [2.45, 2.75) is 4.90 Å². The fraction of sp³-hybridized carbons (Fsp3) is 0.0435. The van der Waals surface area contributed by atoms with Gasteiger partial charge in [0.15, 0.2) is 5.70 Å². The molecule has 0 fully saturated rings. The van der Waals surface area contributed by atoms with Crippen LogP contribution in [0.1, 0.15) is 11.1 Å². The lowest BCUT2D eigenvalue weighted by Crippen LogP contribution is -2.09. The lowest BCUT2D eigenvalue weighted by Gasteiger charge is -2.07. The number of carbonyl (C=O) groups excluding carboxylic acids is 1. The number of ether oxygens (including phenoxy) is 2. The number of halogens is 1. The predicted octanol–water partition coefficient (Wildman–Crippen LogP) is 4.46. The summed E-state index contributed by atoms with van der Waals surface area (Å²) >= 11 is 5.79. The smallest absolute Gasteiger partial charge is 0.363 e. The molecule has 1 aliphatic rings. The van der Waals surface area contributed by atoms with Gasteiger partial charge in [-0.2, -0.15) is 8.42 Å². The Bertz CT molecular complexity index is 1330. The average Bonchev–Trinajstić information content (AvgIpc) is 3.15. The van der Waals surface area contributed by atoms with Crippen LogP contribution in [0.3, 0.4) is 0 Å². The number of rotatable bonds is 6. The molecule has 0 N–H and O–H groups in total. The van der Waals surface area contributed by atoms with Gasteiger partial charge in [-0.25, -0.2) is 9.79 Å². The van der Waals surface area contributed by atoms with E-state index in [1.165, 1.54) is 42.5 Å². The van der Waals surface area contributed by atoms with Gasteiger partial charge >= 0.3 is 16.1 Å². The number of cyclic esters (lactones) is 1. The molecular formula is C23H16ClNO6S. The van der Waals surface area contributed by atoms with E-state index in [9.17, 15) is 13.2 Å². The lowest BCUT2D eigenvalue weighted by atomic mass is 10.2. The minimum absolute atomic E-state index is 0.0128. The summed E-state index contributed by atoms with van der Waals surface area (Å²) in [4.78, 5) is 16.4. The number of methoxy groups -OCH3 is 1. The molecule has 162 valence electrons. The summed E-state index contributed by atoms with van der Waals surface area (Å²) in [6.07, 6.45) is 1.53. The molecule has 0 saturated carbocycles. The molecule has 3 aromatic carbocycles. The molecular weight excluding hydrogens is 454 g/mol. The quantitative estimate of drug-likeness (QED) is 0.301. The molecule has 1 aliphatic heterocycles. The van der Waals surface area contributed by atoms with Gasteiger partial charge in [0.2, 0.25) is 5.90 Å². The molecule has 0 amide bonds. The number of benzene rings is 3. The SMILES string of the molecule is COc1cccc(C2=N/C(=C\c3ccc(OS(=O)(=O)c4ccc(Cl)cc4)cc3)C(=O)O2)c1. The zero-order chi connectivity index (χ0) is 22.7. The second-order valence-electron chi connectivity index (χ2n) is 6.63. The lowest BCUT2D eigenvalue weighted by molar-refractivity contribution is -0.129. The van der Waals surface area contributed by atoms with E-state index in [0.29, 0.717) is 21.9 Å². The first-order valence-corrected chi connectivity index (χ1v) is 11.1. The van der Waals surface area contributed by atoms with Crippen LogP contribution in [0.15, 0.2) is 88.4 Å². The van der Waals surface area contributed by atoms with E-state index < -0.39 is 16.1 Å². The van der Waals surface area contributed by atoms with Gasteiger partial charge in [-0.05, 0) is 66.2 Å². The molecule has 0 spiro atoms. The van der Waals surface area contributed by atoms with Crippen LogP contribution in [0.4, 0.5) is 0 Å². The van der Waals surface area contributed by atoms with E-state index >= 15 is 0 Å². The van der Waals surface area contributed by atoms with Crippen molar-refractivity contribution >= 4 is 39.7 Å². The van der Waals surface area contributed by atoms with Crippen molar-refractivity contribution in [2.24, 2.45) is 4.99 Å². The Kier molecular flexibility index (Phi) is 5.98. The van der Waals surface area contributed by atoms with E-state index in [-0.39, 0.29) is 22.2 Å². The largest absolute Gasteiger partial charge is 0.497 e. The highest BCUT2D eigenvalue weighted by Gasteiger charge is 2.24. The summed E-state index contributed by atoms with van der Waals surface area (Å²) in [5.41, 5.74) is 1.34. The van der Waals surface area contributed by atoms with Crippen LogP contribution < -0.4 is 8.92 Å². The average molecular weight is 470 g/mol. The first-order valence-electron chi connectivity index (χ1n) is 9.31. The summed E-state index contributed by atoms with van der Waals surface area (Å²) in [6, 6.07) is 18.8. The summed E-state index contributed by atoms with van der Waals surface area (Å²) in [5.74, 6) is 0.321. The Morgan fingerprint density at radius 3 is 2.38 bits per heavy atom. The maximum Gasteiger partial charge on any atom is 0.363 e. The molecule has 0 unspecified atom stereocenters. The van der Waals surface area contributed by atoms with Gasteiger partial charge in [-0.3, -0.25) is 0 Å². The van der Waals surface area contributed by atoms with Crippen LogP contribution in [-0.2, 0) is 19.6 Å². The van der Waals surface area contributed by atoms with Crippen LogP contribution in [-0.4, -0.2) is 27.4 Å². The van der Waals surface area contributed by atoms with Crippen molar-refractivity contribution in [1.29, 1.82) is 0 Å². The van der Waals surface area contributed by atoms with Crippen molar-refractivity contribution in [3.05, 3.63) is 94.6 Å². The molecule has 0 saturated heterocycles. The fourth-order valence-electron chi connectivity index (χ4n) is 2.84. The Morgan fingerprint density at radius 1 is 0.969 bits per heavy atom. The number of nitrogens with zero attached hydrogens (tertiary/aromatic N) is 1. The highest BCUT2D eigenvalue weighted by atomic mass is 35.5. The predicted molar refractivity (Wildman–Crippen MR) is 119 cm³/mol. The van der Waals surface area contributed by atoms with E-state index in [0.717, 1.165) is 0 Å². The Balaban J connectivity index is 1.52. The van der Waals surface area contributed by atoms with Crippen molar-refractivity contribution in [1.82, 2.24) is 0 Å². The topological polar surface area (TPSA) is 91.3 Å². The molecule has 0 atom stereocenters. The third-order valence-corrected chi connectivity index (χ3v) is 5.94. The molecule has 0 aromatic heterocycles. The minimum Gasteiger partial charge on any atom is -0.497 e. The molecule has 3 aromatic rings. The van der Waals surface area contributed by atoms with Crippen LogP contribution >= 0.6 is 11.6 Å². The van der Waals surface area contributed by atoms with Crippen molar-refractivity contribution in [3.8, 4) is 11.5 Å². The molecule has 4 rings (SSSR count). The monoisotopic (exact) mass is 469 g/mol. The Labute approximate surface area is 189 Å². The van der Waals surface area contributed by atoms with Gasteiger partial charge < -0.3 is 13.7 Å². The molecule has 1 heterocycles. The number of esters is 1. The number of hydrogen-bond donors (Lipinski definition) is 0. The molecule has 0 radical (unpaired) electrons. The second kappa shape index (κ2) is 8.86. The number of aliphatic imine (C=N–C) groups is 1. The number of carbonyl (C=O) groups is 1. The second-order valence-corrected chi connectivity index (χ2v) is 8.61. The van der Waals surface area contributed by atoms with Crippen molar-refractivity contribution in [2.75, 3.05) is 7.11 Å². The molecule has 0 bridgehead atoms. The zero-order valence-electron chi connectivity index (χ0n) is 16.7. The summed E-state index contributed by atoms with van der Waals surface area (Å²) in [6.45, 7) is 0. The van der Waals surface area contributed by atoms with Gasteiger partial charge in [0.05, 0.1) is 7.11 Å². The van der Waals surface area contributed by atoms with Gasteiger partial charge in [-0.1, -0.05) is 29.8 Å². The number of hydrogen-bond acceptors (Lipinski definition) is 7. The van der Waals surface area contributed by atoms with Crippen LogP contribution in [0.5, 0.6) is 11.5 Å². The highest BCUT2D eigenvalue weighted by Crippen LogP contribution is 2.24. The van der Waals surface area contributed by atoms with Crippen LogP contribution in [0, 0.1) is 0 Å². The van der Waals surface area contributed by atoms with E-state index in [1.54, 1.807) is 43.5 Å². The van der Waals surface area contributed by atoms with Gasteiger partial charge in [0.1, 0.15) is 16.4 Å². The maximum absolute atomic E-state index is 12.4. The fourth-order valence-corrected chi connectivity index (χ4v) is 3.90.